The summed E-state index contributed by atoms with van der Waals surface area (Å²) >= 11 is 0. The summed E-state index contributed by atoms with van der Waals surface area (Å²) in [5, 5.41) is 46.9. The number of hydrogen-bond donors (Lipinski definition) is 0. The Morgan fingerprint density at radius 3 is 0.688 bits per heavy atom. The monoisotopic (exact) mass is 387 g/mol. The molecule has 0 spiro atoms. The molecule has 15 nitrogen and oxygen atoms in total. The normalized spacial score (nSPS) is 6.19. The first kappa shape index (κ1) is 24.3. The van der Waals surface area contributed by atoms with E-state index in [9.17, 15) is 0 Å². The van der Waals surface area contributed by atoms with E-state index >= 15 is 0 Å². The number of nitrogens with zero attached hydrogens (tertiary/aromatic N) is 3. The van der Waals surface area contributed by atoms with Crippen LogP contribution in [-0.4, -0.2) is 15.3 Å². The van der Waals surface area contributed by atoms with Crippen LogP contribution in [0.3, 0.4) is 0 Å². The van der Waals surface area contributed by atoms with Crippen molar-refractivity contribution in [3.05, 3.63) is 30.3 Å². The van der Waals surface area contributed by atoms with E-state index in [2.05, 4.69) is 15.0 Å². The molecule has 0 heterocycles. The molecule has 0 amide bonds. The van der Waals surface area contributed by atoms with Gasteiger partial charge in [-0.3, -0.25) is 0 Å². The summed E-state index contributed by atoms with van der Waals surface area (Å²) in [5.74, 6) is 0. The molecule has 16 heavy (non-hydrogen) atoms. The van der Waals surface area contributed by atoms with Gasteiger partial charge in [-0.05, 0) is 0 Å². The maximum absolute atomic E-state index is 8.64. The SMILES string of the molecule is O=[N+]([O-])O[O-].O=[N+]([O-])O[O-].O=[N+]([O-])O[O-].[Eu+3]. The Balaban J connectivity index is -0.0000000655. The molecular formula is EuN3O12. The zero-order chi connectivity index (χ0) is 12.9. The Morgan fingerprint density at radius 2 is 0.688 bits per heavy atom. The quantitative estimate of drug-likeness (QED) is 0.254. The second kappa shape index (κ2) is 19.6. The van der Waals surface area contributed by atoms with Crippen molar-refractivity contribution in [2.24, 2.45) is 0 Å². The van der Waals surface area contributed by atoms with Crippen LogP contribution in [0.5, 0.6) is 0 Å². The van der Waals surface area contributed by atoms with Crippen molar-refractivity contribution in [2.75, 3.05) is 0 Å². The first-order valence-corrected chi connectivity index (χ1v) is 2.14. The maximum Gasteiger partial charge on any atom is 3.00 e. The van der Waals surface area contributed by atoms with Crippen molar-refractivity contribution < 1.29 is 95.4 Å². The van der Waals surface area contributed by atoms with Crippen LogP contribution in [0.2, 0.25) is 0 Å². The molecule has 16 heteroatoms. The molecule has 0 atom stereocenters. The molecule has 0 N–H and O–H groups in total. The van der Waals surface area contributed by atoms with Crippen molar-refractivity contribution in [3.63, 3.8) is 0 Å². The maximum atomic E-state index is 8.64. The van der Waals surface area contributed by atoms with Crippen molar-refractivity contribution in [2.45, 2.75) is 0 Å². The van der Waals surface area contributed by atoms with Crippen molar-refractivity contribution in [1.82, 2.24) is 0 Å². The third-order valence-corrected chi connectivity index (χ3v) is 0.183. The van der Waals surface area contributed by atoms with Gasteiger partial charge in [0.05, 0.1) is 0 Å². The Labute approximate surface area is 125 Å². The fraction of sp³-hybridized carbons (Fsp3) is 0. The van der Waals surface area contributed by atoms with Crippen LogP contribution in [0.4, 0.5) is 0 Å². The standard InChI is InChI=1S/Eu.3HNO4/c;3*2-1(3)5-4/h;3*4H/q+3;;;/p-3. The predicted molar refractivity (Wildman–Crippen MR) is 24.2 cm³/mol. The fourth-order valence-electron chi connectivity index (χ4n) is 0. The van der Waals surface area contributed by atoms with E-state index in [0.717, 1.165) is 0 Å². The molecule has 0 fully saturated rings. The molecule has 0 radical (unpaired) electrons. The summed E-state index contributed by atoms with van der Waals surface area (Å²) in [7, 11) is 0. The van der Waals surface area contributed by atoms with E-state index in [1.165, 1.54) is 0 Å². The summed E-state index contributed by atoms with van der Waals surface area (Å²) in [6.07, 6.45) is 0. The topological polar surface area (TPSA) is 226 Å². The van der Waals surface area contributed by atoms with E-state index < -0.39 is 15.3 Å². The van der Waals surface area contributed by atoms with E-state index in [4.69, 9.17) is 46.1 Å². The van der Waals surface area contributed by atoms with Gasteiger partial charge >= 0.3 is 49.4 Å². The van der Waals surface area contributed by atoms with Crippen LogP contribution in [0.25, 0.3) is 0 Å². The molecule has 0 saturated carbocycles. The minimum absolute atomic E-state index is 0. The summed E-state index contributed by atoms with van der Waals surface area (Å²) < 4.78 is 0. The van der Waals surface area contributed by atoms with Crippen LogP contribution in [-0.2, 0) is 15.0 Å². The van der Waals surface area contributed by atoms with E-state index in [0.29, 0.717) is 0 Å². The van der Waals surface area contributed by atoms with Gasteiger partial charge in [-0.1, -0.05) is 0 Å². The molecule has 0 aliphatic heterocycles. The van der Waals surface area contributed by atoms with Crippen LogP contribution in [0.1, 0.15) is 0 Å². The molecule has 0 saturated heterocycles. The minimum atomic E-state index is -1.43. The largest absolute Gasteiger partial charge is 3.00 e. The molecular weight excluding hydrogens is 386 g/mol. The Hall–Kier alpha value is -0.936. The second-order valence-electron chi connectivity index (χ2n) is 0.894. The van der Waals surface area contributed by atoms with Gasteiger partial charge in [-0.15, -0.1) is 30.3 Å². The fourth-order valence-corrected chi connectivity index (χ4v) is 0. The van der Waals surface area contributed by atoms with Gasteiger partial charge in [-0.2, -0.15) is 0 Å². The molecule has 0 rings (SSSR count). The van der Waals surface area contributed by atoms with Crippen LogP contribution < -0.4 is 15.8 Å². The summed E-state index contributed by atoms with van der Waals surface area (Å²) in [5.41, 5.74) is 0. The van der Waals surface area contributed by atoms with Crippen LogP contribution in [0.15, 0.2) is 0 Å². The van der Waals surface area contributed by atoms with Gasteiger partial charge in [0.15, 0.2) is 0 Å². The molecule has 0 bridgehead atoms. The summed E-state index contributed by atoms with van der Waals surface area (Å²) in [4.78, 5) is 32.6. The first-order valence-electron chi connectivity index (χ1n) is 2.14. The molecule has 0 aromatic rings. The smallest absolute Gasteiger partial charge is 0.694 e. The van der Waals surface area contributed by atoms with E-state index in [1.807, 2.05) is 0 Å². The zero-order valence-corrected chi connectivity index (χ0v) is 9.04. The average Bonchev–Trinajstić information content (AvgIpc) is 2.19. The second-order valence-corrected chi connectivity index (χ2v) is 0.894. The molecule has 0 aromatic heterocycles. The van der Waals surface area contributed by atoms with Gasteiger partial charge in [-0.25, -0.2) is 0 Å². The summed E-state index contributed by atoms with van der Waals surface area (Å²) in [6.45, 7) is 0. The average molecular weight is 386 g/mol. The Bertz CT molecular complexity index is 155. The number of hydrogen-bond acceptors (Lipinski definition) is 12. The Morgan fingerprint density at radius 1 is 0.625 bits per heavy atom. The van der Waals surface area contributed by atoms with Gasteiger partial charge in [0.1, 0.15) is 0 Å². The van der Waals surface area contributed by atoms with Crippen LogP contribution >= 0.6 is 0 Å². The van der Waals surface area contributed by atoms with E-state index in [-0.39, 0.29) is 49.4 Å². The van der Waals surface area contributed by atoms with Crippen molar-refractivity contribution in [1.29, 1.82) is 0 Å². The predicted octanol–water partition coefficient (Wildman–Crippen LogP) is -4.59. The van der Waals surface area contributed by atoms with E-state index in [1.54, 1.807) is 0 Å². The van der Waals surface area contributed by atoms with Gasteiger partial charge in [0.25, 0.3) is 15.3 Å². The Kier molecular flexibility index (Phi) is 29.8. The summed E-state index contributed by atoms with van der Waals surface area (Å²) in [6, 6.07) is 0. The molecule has 0 aliphatic carbocycles. The van der Waals surface area contributed by atoms with Gasteiger partial charge in [0.2, 0.25) is 0 Å². The van der Waals surface area contributed by atoms with Crippen molar-refractivity contribution >= 4 is 0 Å². The third-order valence-electron chi connectivity index (χ3n) is 0.183. The molecule has 94 valence electrons. The number of rotatable bonds is 3. The van der Waals surface area contributed by atoms with Crippen LogP contribution in [0, 0.1) is 79.7 Å². The molecule has 0 aromatic carbocycles. The van der Waals surface area contributed by atoms with Crippen molar-refractivity contribution in [3.8, 4) is 0 Å². The molecule has 0 aliphatic rings. The minimum Gasteiger partial charge on any atom is -0.694 e. The zero-order valence-electron chi connectivity index (χ0n) is 6.62. The van der Waals surface area contributed by atoms with Gasteiger partial charge < -0.3 is 30.7 Å². The van der Waals surface area contributed by atoms with Gasteiger partial charge in [0, 0.05) is 0 Å². The molecule has 0 unspecified atom stereocenters. The first-order chi connectivity index (χ1) is 6.81. The third kappa shape index (κ3) is 74.1.